The van der Waals surface area contributed by atoms with Crippen LogP contribution in [0, 0.1) is 0 Å². The summed E-state index contributed by atoms with van der Waals surface area (Å²) in [6, 6.07) is 0. The molecule has 0 N–H and O–H groups in total. The van der Waals surface area contributed by atoms with E-state index < -0.39 is 0 Å². The maximum Gasteiger partial charge on any atom is 0.0261 e. The Morgan fingerprint density at radius 2 is 2.08 bits per heavy atom. The zero-order valence-electron chi connectivity index (χ0n) is 7.41. The van der Waals surface area contributed by atoms with Gasteiger partial charge in [0.2, 0.25) is 0 Å². The van der Waals surface area contributed by atoms with Crippen LogP contribution in [0.25, 0.3) is 0 Å². The van der Waals surface area contributed by atoms with Crippen molar-refractivity contribution in [3.05, 3.63) is 34.6 Å². The van der Waals surface area contributed by atoms with Crippen LogP contribution in [-0.2, 0) is 0 Å². The third-order valence-electron chi connectivity index (χ3n) is 1.39. The second-order valence-corrected chi connectivity index (χ2v) is 9.56. The summed E-state index contributed by atoms with van der Waals surface area (Å²) in [5.74, 6) is 0. The van der Waals surface area contributed by atoms with Gasteiger partial charge in [-0.25, -0.2) is 0 Å². The maximum absolute atomic E-state index is 3.82. The van der Waals surface area contributed by atoms with Crippen LogP contribution in [0.15, 0.2) is 34.6 Å². The van der Waals surface area contributed by atoms with E-state index in [0.29, 0.717) is 0 Å². The Kier molecular flexibility index (Phi) is 4.49. The highest BCUT2D eigenvalue weighted by molar-refractivity contribution is 8.91. The Balaban J connectivity index is 2.71. The van der Waals surface area contributed by atoms with E-state index in [2.05, 4.69) is 32.3 Å². The van der Waals surface area contributed by atoms with Gasteiger partial charge in [-0.05, 0) is 13.1 Å². The second-order valence-electron chi connectivity index (χ2n) is 2.37. The van der Waals surface area contributed by atoms with Crippen LogP contribution >= 0.6 is 29.1 Å². The van der Waals surface area contributed by atoms with Crippen molar-refractivity contribution in [1.82, 2.24) is 0 Å². The smallest absolute Gasteiger partial charge is 0.0261 e. The van der Waals surface area contributed by atoms with Crippen molar-refractivity contribution in [2.24, 2.45) is 0 Å². The molecule has 0 aromatic heterocycles. The summed E-state index contributed by atoms with van der Waals surface area (Å²) < 4.78 is 0. The van der Waals surface area contributed by atoms with Gasteiger partial charge in [-0.15, -0.1) is 0 Å². The molecule has 0 bridgehead atoms. The molecule has 0 aromatic carbocycles. The fraction of sp³-hybridized carbons (Fsp3) is 0.333. The second kappa shape index (κ2) is 5.16. The summed E-state index contributed by atoms with van der Waals surface area (Å²) in [6.45, 7) is 8.27. The molecule has 0 aliphatic carbocycles. The van der Waals surface area contributed by atoms with Crippen molar-refractivity contribution >= 4 is 29.1 Å². The van der Waals surface area contributed by atoms with Gasteiger partial charge in [0.25, 0.3) is 0 Å². The molecule has 0 radical (unpaired) electrons. The van der Waals surface area contributed by atoms with Crippen LogP contribution in [0.5, 0.6) is 0 Å². The fourth-order valence-electron chi connectivity index (χ4n) is 0.861. The van der Waals surface area contributed by atoms with E-state index in [9.17, 15) is 0 Å². The first-order valence-corrected chi connectivity index (χ1v) is 8.54. The SMILES string of the molecule is C=CC1=C(/C=C\CC)SP(C)S1. The van der Waals surface area contributed by atoms with Crippen LogP contribution in [0.1, 0.15) is 13.3 Å². The van der Waals surface area contributed by atoms with Gasteiger partial charge in [-0.1, -0.05) is 54.5 Å². The van der Waals surface area contributed by atoms with Crippen LogP contribution in [0.3, 0.4) is 0 Å². The van der Waals surface area contributed by atoms with Gasteiger partial charge in [-0.2, -0.15) is 0 Å². The summed E-state index contributed by atoms with van der Waals surface area (Å²) in [6.07, 6.45) is 7.59. The van der Waals surface area contributed by atoms with Crippen molar-refractivity contribution in [3.8, 4) is 0 Å². The van der Waals surface area contributed by atoms with E-state index in [1.807, 2.05) is 28.8 Å². The normalized spacial score (nSPS) is 24.0. The first kappa shape index (κ1) is 10.4. The van der Waals surface area contributed by atoms with Gasteiger partial charge in [0, 0.05) is 16.1 Å². The lowest BCUT2D eigenvalue weighted by Crippen LogP contribution is -1.67. The molecule has 66 valence electrons. The number of hydrogen-bond acceptors (Lipinski definition) is 2. The molecule has 0 aromatic rings. The molecule has 1 aliphatic heterocycles. The topological polar surface area (TPSA) is 0 Å². The van der Waals surface area contributed by atoms with Gasteiger partial charge in [-0.3, -0.25) is 0 Å². The molecule has 1 heterocycles. The molecular weight excluding hydrogens is 203 g/mol. The lowest BCUT2D eigenvalue weighted by atomic mass is 10.4. The highest BCUT2D eigenvalue weighted by atomic mass is 33.1. The third kappa shape index (κ3) is 2.69. The predicted octanol–water partition coefficient (Wildman–Crippen LogP) is 4.77. The molecule has 1 atom stereocenters. The Morgan fingerprint density at radius 3 is 2.67 bits per heavy atom. The van der Waals surface area contributed by atoms with Crippen LogP contribution in [0.2, 0.25) is 0 Å². The van der Waals surface area contributed by atoms with Crippen molar-refractivity contribution in [2.75, 3.05) is 6.66 Å². The Hall–Kier alpha value is 0.350. The van der Waals surface area contributed by atoms with Gasteiger partial charge in [0.15, 0.2) is 0 Å². The van der Waals surface area contributed by atoms with Crippen molar-refractivity contribution in [3.63, 3.8) is 0 Å². The average molecular weight is 216 g/mol. The van der Waals surface area contributed by atoms with Crippen molar-refractivity contribution in [1.29, 1.82) is 0 Å². The minimum Gasteiger partial charge on any atom is -0.0979 e. The molecule has 3 heteroatoms. The average Bonchev–Trinajstić information content (AvgIpc) is 2.42. The van der Waals surface area contributed by atoms with Crippen LogP contribution < -0.4 is 0 Å². The van der Waals surface area contributed by atoms with Gasteiger partial charge < -0.3 is 0 Å². The molecule has 0 saturated carbocycles. The highest BCUT2D eigenvalue weighted by Crippen LogP contribution is 2.70. The highest BCUT2D eigenvalue weighted by Gasteiger charge is 2.18. The number of allylic oxidation sites excluding steroid dienone is 3. The first-order chi connectivity index (χ1) is 5.77. The minimum absolute atomic E-state index is 0.0707. The van der Waals surface area contributed by atoms with Crippen LogP contribution in [-0.4, -0.2) is 6.66 Å². The molecule has 0 spiro atoms. The summed E-state index contributed by atoms with van der Waals surface area (Å²) in [5.41, 5.74) is 0. The maximum atomic E-state index is 3.82. The molecule has 1 unspecified atom stereocenters. The lowest BCUT2D eigenvalue weighted by Gasteiger charge is -1.95. The standard InChI is InChI=1S/C9H13PS2/c1-4-6-7-9-8(5-2)11-10(3)12-9/h5-7H,2,4H2,1,3H3/b7-6-. The van der Waals surface area contributed by atoms with Gasteiger partial charge in [0.1, 0.15) is 0 Å². The Labute approximate surface area is 83.8 Å². The number of rotatable bonds is 3. The van der Waals surface area contributed by atoms with E-state index in [-0.39, 0.29) is 6.33 Å². The van der Waals surface area contributed by atoms with E-state index in [4.69, 9.17) is 0 Å². The zero-order valence-corrected chi connectivity index (χ0v) is 9.94. The minimum atomic E-state index is 0.0707. The van der Waals surface area contributed by atoms with Crippen molar-refractivity contribution in [2.45, 2.75) is 13.3 Å². The molecule has 1 aliphatic rings. The quantitative estimate of drug-likeness (QED) is 0.623. The van der Waals surface area contributed by atoms with E-state index in [1.165, 1.54) is 9.81 Å². The van der Waals surface area contributed by atoms with E-state index in [0.717, 1.165) is 6.42 Å². The summed E-state index contributed by atoms with van der Waals surface area (Å²) in [5, 5.41) is 0. The zero-order chi connectivity index (χ0) is 8.97. The third-order valence-corrected chi connectivity index (χ3v) is 7.23. The first-order valence-electron chi connectivity index (χ1n) is 3.90. The summed E-state index contributed by atoms with van der Waals surface area (Å²) >= 11 is 3.95. The van der Waals surface area contributed by atoms with Gasteiger partial charge in [0.05, 0.1) is 0 Å². The molecule has 0 saturated heterocycles. The molecule has 12 heavy (non-hydrogen) atoms. The van der Waals surface area contributed by atoms with Crippen LogP contribution in [0.4, 0.5) is 0 Å². The van der Waals surface area contributed by atoms with Gasteiger partial charge >= 0.3 is 0 Å². The molecule has 0 nitrogen and oxygen atoms in total. The molecule has 1 rings (SSSR count). The lowest BCUT2D eigenvalue weighted by molar-refractivity contribution is 1.22. The fourth-order valence-corrected chi connectivity index (χ4v) is 7.19. The molecular formula is C9H13PS2. The van der Waals surface area contributed by atoms with E-state index >= 15 is 0 Å². The summed E-state index contributed by atoms with van der Waals surface area (Å²) in [4.78, 5) is 2.77. The van der Waals surface area contributed by atoms with Crippen molar-refractivity contribution < 1.29 is 0 Å². The largest absolute Gasteiger partial charge is 0.0979 e. The Bertz CT molecular complexity index is 231. The Morgan fingerprint density at radius 1 is 1.42 bits per heavy atom. The monoisotopic (exact) mass is 216 g/mol. The number of hydrogen-bond donors (Lipinski definition) is 0. The van der Waals surface area contributed by atoms with E-state index in [1.54, 1.807) is 0 Å². The predicted molar refractivity (Wildman–Crippen MR) is 64.7 cm³/mol. The summed E-state index contributed by atoms with van der Waals surface area (Å²) in [7, 11) is 0. The molecule has 0 amide bonds. The molecule has 0 fully saturated rings.